The van der Waals surface area contributed by atoms with Crippen LogP contribution in [0.5, 0.6) is 5.75 Å². The number of amides is 1. The number of furan rings is 1. The molecule has 0 aliphatic rings. The Kier molecular flexibility index (Phi) is 4.82. The average Bonchev–Trinajstić information content (AvgIpc) is 2.89. The molecule has 0 unspecified atom stereocenters. The van der Waals surface area contributed by atoms with E-state index in [2.05, 4.69) is 13.2 Å². The molecule has 4 heteroatoms. The summed E-state index contributed by atoms with van der Waals surface area (Å²) in [5, 5.41) is 0.932. The lowest BCUT2D eigenvalue weighted by atomic mass is 10.1. The van der Waals surface area contributed by atoms with Gasteiger partial charge in [0, 0.05) is 30.1 Å². The van der Waals surface area contributed by atoms with E-state index in [-0.39, 0.29) is 5.91 Å². The van der Waals surface area contributed by atoms with Crippen LogP contribution in [0.15, 0.2) is 54.2 Å². The fraction of sp³-hybridized carbons (Fsp3) is 0.235. The molecule has 1 amide bonds. The SMILES string of the molecule is C=CCN(CC=C)C(=O)Cc1coc2cc(OC)ccc12. The third-order valence-corrected chi connectivity index (χ3v) is 3.26. The lowest BCUT2D eigenvalue weighted by Crippen LogP contribution is -2.32. The number of ether oxygens (including phenoxy) is 1. The zero-order valence-electron chi connectivity index (χ0n) is 12.2. The Morgan fingerprint density at radius 2 is 2.05 bits per heavy atom. The third kappa shape index (κ3) is 3.34. The number of methoxy groups -OCH3 is 1. The first-order valence-corrected chi connectivity index (χ1v) is 6.73. The van der Waals surface area contributed by atoms with Gasteiger partial charge >= 0.3 is 0 Å². The van der Waals surface area contributed by atoms with Crippen molar-refractivity contribution in [3.8, 4) is 5.75 Å². The summed E-state index contributed by atoms with van der Waals surface area (Å²) < 4.78 is 10.7. The van der Waals surface area contributed by atoms with E-state index in [9.17, 15) is 4.79 Å². The molecule has 0 saturated carbocycles. The van der Waals surface area contributed by atoms with Crippen LogP contribution < -0.4 is 4.74 Å². The quantitative estimate of drug-likeness (QED) is 0.734. The van der Waals surface area contributed by atoms with Crippen LogP contribution in [0.1, 0.15) is 5.56 Å². The number of hydrogen-bond acceptors (Lipinski definition) is 3. The lowest BCUT2D eigenvalue weighted by Gasteiger charge is -2.18. The summed E-state index contributed by atoms with van der Waals surface area (Å²) in [7, 11) is 1.61. The normalized spacial score (nSPS) is 10.3. The Hall–Kier alpha value is -2.49. The van der Waals surface area contributed by atoms with Gasteiger partial charge < -0.3 is 14.1 Å². The highest BCUT2D eigenvalue weighted by Gasteiger charge is 2.15. The maximum atomic E-state index is 12.3. The van der Waals surface area contributed by atoms with Crippen molar-refractivity contribution in [3.63, 3.8) is 0 Å². The summed E-state index contributed by atoms with van der Waals surface area (Å²) >= 11 is 0. The summed E-state index contributed by atoms with van der Waals surface area (Å²) in [6.45, 7) is 8.36. The van der Waals surface area contributed by atoms with Crippen molar-refractivity contribution in [2.24, 2.45) is 0 Å². The van der Waals surface area contributed by atoms with Crippen LogP contribution in [0.3, 0.4) is 0 Å². The first-order valence-electron chi connectivity index (χ1n) is 6.73. The van der Waals surface area contributed by atoms with Gasteiger partial charge in [-0.05, 0) is 12.1 Å². The minimum atomic E-state index is 0.0216. The second kappa shape index (κ2) is 6.79. The second-order valence-corrected chi connectivity index (χ2v) is 4.68. The van der Waals surface area contributed by atoms with Crippen molar-refractivity contribution in [3.05, 3.63) is 55.3 Å². The number of benzene rings is 1. The van der Waals surface area contributed by atoms with Gasteiger partial charge in [0.15, 0.2) is 0 Å². The Morgan fingerprint density at radius 1 is 1.33 bits per heavy atom. The van der Waals surface area contributed by atoms with Gasteiger partial charge in [0.05, 0.1) is 19.8 Å². The summed E-state index contributed by atoms with van der Waals surface area (Å²) in [5.74, 6) is 0.753. The standard InChI is InChI=1S/C17H19NO3/c1-4-8-18(9-5-2)17(19)10-13-12-21-16-11-14(20-3)6-7-15(13)16/h4-7,11-12H,1-2,8-10H2,3H3. The maximum Gasteiger partial charge on any atom is 0.227 e. The molecule has 0 bridgehead atoms. The van der Waals surface area contributed by atoms with Gasteiger partial charge in [0.2, 0.25) is 5.91 Å². The Labute approximate surface area is 124 Å². The minimum absolute atomic E-state index is 0.0216. The molecule has 0 aliphatic carbocycles. The number of nitrogens with zero attached hydrogens (tertiary/aromatic N) is 1. The van der Waals surface area contributed by atoms with E-state index in [0.29, 0.717) is 19.5 Å². The topological polar surface area (TPSA) is 42.7 Å². The zero-order chi connectivity index (χ0) is 15.2. The molecule has 0 spiro atoms. The van der Waals surface area contributed by atoms with E-state index in [1.807, 2.05) is 18.2 Å². The molecule has 0 saturated heterocycles. The van der Waals surface area contributed by atoms with Gasteiger partial charge in [-0.25, -0.2) is 0 Å². The molecule has 0 aliphatic heterocycles. The summed E-state index contributed by atoms with van der Waals surface area (Å²) in [6.07, 6.45) is 5.34. The van der Waals surface area contributed by atoms with Crippen LogP contribution in [-0.2, 0) is 11.2 Å². The molecule has 0 radical (unpaired) electrons. The third-order valence-electron chi connectivity index (χ3n) is 3.26. The molecule has 0 fully saturated rings. The lowest BCUT2D eigenvalue weighted by molar-refractivity contribution is -0.129. The first kappa shape index (κ1) is 14.9. The van der Waals surface area contributed by atoms with Crippen LogP contribution in [0.4, 0.5) is 0 Å². The summed E-state index contributed by atoms with van der Waals surface area (Å²) in [4.78, 5) is 14.0. The van der Waals surface area contributed by atoms with Crippen LogP contribution >= 0.6 is 0 Å². The molecule has 110 valence electrons. The van der Waals surface area contributed by atoms with Crippen molar-refractivity contribution in [2.75, 3.05) is 20.2 Å². The predicted molar refractivity (Wildman–Crippen MR) is 83.4 cm³/mol. The number of carbonyl (C=O) groups is 1. The molecule has 1 aromatic heterocycles. The smallest absolute Gasteiger partial charge is 0.227 e. The van der Waals surface area contributed by atoms with Crippen molar-refractivity contribution >= 4 is 16.9 Å². The minimum Gasteiger partial charge on any atom is -0.497 e. The average molecular weight is 285 g/mol. The van der Waals surface area contributed by atoms with Gasteiger partial charge in [-0.15, -0.1) is 13.2 Å². The zero-order valence-corrected chi connectivity index (χ0v) is 12.2. The Bertz CT molecular complexity index is 647. The monoisotopic (exact) mass is 285 g/mol. The molecular formula is C17H19NO3. The summed E-state index contributed by atoms with van der Waals surface area (Å²) in [5.41, 5.74) is 1.59. The molecule has 1 aromatic carbocycles. The Balaban J connectivity index is 2.20. The van der Waals surface area contributed by atoms with Crippen molar-refractivity contribution in [2.45, 2.75) is 6.42 Å². The van der Waals surface area contributed by atoms with Crippen molar-refractivity contribution in [1.82, 2.24) is 4.90 Å². The van der Waals surface area contributed by atoms with Crippen LogP contribution in [0, 0.1) is 0 Å². The van der Waals surface area contributed by atoms with Crippen LogP contribution in [0.25, 0.3) is 11.0 Å². The van der Waals surface area contributed by atoms with E-state index in [4.69, 9.17) is 9.15 Å². The van der Waals surface area contributed by atoms with E-state index in [1.165, 1.54) is 0 Å². The highest BCUT2D eigenvalue weighted by molar-refractivity contribution is 5.88. The van der Waals surface area contributed by atoms with Gasteiger partial charge in [0.1, 0.15) is 11.3 Å². The molecule has 0 atom stereocenters. The van der Waals surface area contributed by atoms with Gasteiger partial charge in [-0.2, -0.15) is 0 Å². The highest BCUT2D eigenvalue weighted by atomic mass is 16.5. The Morgan fingerprint density at radius 3 is 2.67 bits per heavy atom. The highest BCUT2D eigenvalue weighted by Crippen LogP contribution is 2.26. The van der Waals surface area contributed by atoms with Crippen molar-refractivity contribution < 1.29 is 13.9 Å². The van der Waals surface area contributed by atoms with E-state index in [0.717, 1.165) is 22.3 Å². The molecule has 0 N–H and O–H groups in total. The van der Waals surface area contributed by atoms with Crippen LogP contribution in [0.2, 0.25) is 0 Å². The molecule has 1 heterocycles. The van der Waals surface area contributed by atoms with Gasteiger partial charge in [-0.1, -0.05) is 12.2 Å². The number of hydrogen-bond donors (Lipinski definition) is 0. The molecule has 2 aromatic rings. The molecule has 21 heavy (non-hydrogen) atoms. The fourth-order valence-electron chi connectivity index (χ4n) is 2.19. The number of carbonyl (C=O) groups excluding carboxylic acids is 1. The molecule has 2 rings (SSSR count). The van der Waals surface area contributed by atoms with E-state index >= 15 is 0 Å². The predicted octanol–water partition coefficient (Wildman–Crippen LogP) is 3.18. The van der Waals surface area contributed by atoms with E-state index < -0.39 is 0 Å². The fourth-order valence-corrected chi connectivity index (χ4v) is 2.19. The number of fused-ring (bicyclic) bond motifs is 1. The first-order chi connectivity index (χ1) is 10.2. The molecule has 4 nitrogen and oxygen atoms in total. The maximum absolute atomic E-state index is 12.3. The van der Waals surface area contributed by atoms with Crippen LogP contribution in [-0.4, -0.2) is 31.0 Å². The second-order valence-electron chi connectivity index (χ2n) is 4.68. The van der Waals surface area contributed by atoms with Gasteiger partial charge in [-0.3, -0.25) is 4.79 Å². The van der Waals surface area contributed by atoms with Gasteiger partial charge in [0.25, 0.3) is 0 Å². The summed E-state index contributed by atoms with van der Waals surface area (Å²) in [6, 6.07) is 5.58. The largest absolute Gasteiger partial charge is 0.497 e. The number of rotatable bonds is 7. The van der Waals surface area contributed by atoms with Crippen molar-refractivity contribution in [1.29, 1.82) is 0 Å². The molecular weight excluding hydrogens is 266 g/mol. The van der Waals surface area contributed by atoms with E-state index in [1.54, 1.807) is 30.4 Å².